The molecule has 4 aromatic carbocycles. The van der Waals surface area contributed by atoms with Crippen molar-refractivity contribution in [3.8, 4) is 33.6 Å². The molecule has 1 fully saturated rings. The molecule has 2 heterocycles. The number of halogens is 3. The fourth-order valence-electron chi connectivity index (χ4n) is 4.81. The Balaban J connectivity index is 1.51. The summed E-state index contributed by atoms with van der Waals surface area (Å²) in [5.41, 5.74) is 6.64. The van der Waals surface area contributed by atoms with Crippen LogP contribution in [0.15, 0.2) is 127 Å². The van der Waals surface area contributed by atoms with Crippen LogP contribution >= 0.6 is 0 Å². The van der Waals surface area contributed by atoms with Gasteiger partial charge in [-0.1, -0.05) is 83.5 Å². The van der Waals surface area contributed by atoms with Gasteiger partial charge in [0, 0.05) is 23.3 Å². The average molecular weight is 494 g/mol. The number of hydrogen-bond donors (Lipinski definition) is 0. The van der Waals surface area contributed by atoms with Gasteiger partial charge in [0.1, 0.15) is 12.6 Å². The van der Waals surface area contributed by atoms with Crippen LogP contribution in [0, 0.1) is 0 Å². The van der Waals surface area contributed by atoms with Crippen LogP contribution in [-0.4, -0.2) is 6.54 Å². The Morgan fingerprint density at radius 3 is 1.49 bits per heavy atom. The summed E-state index contributed by atoms with van der Waals surface area (Å²) >= 11 is 0. The molecule has 37 heavy (non-hydrogen) atoms. The highest BCUT2D eigenvalue weighted by molar-refractivity contribution is 5.74. The molecule has 0 spiro atoms. The molecule has 0 aliphatic carbocycles. The van der Waals surface area contributed by atoms with E-state index in [2.05, 4.69) is 58.2 Å². The van der Waals surface area contributed by atoms with Gasteiger partial charge in [-0.25, -0.2) is 0 Å². The number of nitrogens with zero attached hydrogens (tertiary/aromatic N) is 2. The lowest BCUT2D eigenvalue weighted by Gasteiger charge is -2.13. The summed E-state index contributed by atoms with van der Waals surface area (Å²) in [6, 6.07) is 40.6. The maximum Gasteiger partial charge on any atom is 0.416 e. The van der Waals surface area contributed by atoms with Gasteiger partial charge < -0.3 is 0 Å². The highest BCUT2D eigenvalue weighted by Crippen LogP contribution is 2.37. The summed E-state index contributed by atoms with van der Waals surface area (Å²) < 4.78 is 41.6. The van der Waals surface area contributed by atoms with Gasteiger partial charge in [0.25, 0.3) is 0 Å². The van der Waals surface area contributed by atoms with Crippen molar-refractivity contribution in [3.63, 3.8) is 0 Å². The molecule has 1 aliphatic rings. The number of aromatic nitrogens is 1. The summed E-state index contributed by atoms with van der Waals surface area (Å²) in [5.74, 6) is 0. The highest BCUT2D eigenvalue weighted by Gasteiger charge is 2.46. The number of benzene rings is 4. The smallest absolute Gasteiger partial charge is 0.168 e. The first-order valence-electron chi connectivity index (χ1n) is 12.2. The average Bonchev–Trinajstić information content (AvgIpc) is 3.74. The Bertz CT molecular complexity index is 1450. The largest absolute Gasteiger partial charge is 0.416 e. The first kappa shape index (κ1) is 23.0. The summed E-state index contributed by atoms with van der Waals surface area (Å²) in [7, 11) is 0. The molecule has 1 saturated heterocycles. The van der Waals surface area contributed by atoms with Gasteiger partial charge in [-0.05, 0) is 53.1 Å². The van der Waals surface area contributed by atoms with Gasteiger partial charge in [-0.15, -0.1) is 0 Å². The van der Waals surface area contributed by atoms with Gasteiger partial charge in [-0.3, -0.25) is 0 Å². The van der Waals surface area contributed by atoms with Crippen molar-refractivity contribution < 1.29 is 17.8 Å². The molecule has 0 radical (unpaired) electrons. The normalized spacial score (nSPS) is 15.0. The van der Waals surface area contributed by atoms with Crippen molar-refractivity contribution in [3.05, 3.63) is 139 Å². The van der Waals surface area contributed by atoms with Crippen molar-refractivity contribution in [2.45, 2.75) is 12.2 Å². The van der Waals surface area contributed by atoms with Gasteiger partial charge in [0.2, 0.25) is 11.4 Å². The number of pyridine rings is 1. The van der Waals surface area contributed by atoms with Crippen molar-refractivity contribution in [1.82, 2.24) is 0 Å². The quantitative estimate of drug-likeness (QED) is 0.180. The van der Waals surface area contributed by atoms with Crippen LogP contribution in [0.4, 0.5) is 13.2 Å². The van der Waals surface area contributed by atoms with E-state index < -0.39 is 11.7 Å². The topological polar surface area (TPSA) is 6.89 Å². The van der Waals surface area contributed by atoms with Gasteiger partial charge in [-0.2, -0.15) is 18.2 Å². The zero-order chi connectivity index (χ0) is 25.4. The number of rotatable bonds is 5. The number of hydrogen-bond acceptors (Lipinski definition) is 1. The Morgan fingerprint density at radius 2 is 1.03 bits per heavy atom. The summed E-state index contributed by atoms with van der Waals surface area (Å²) in [6.07, 6.45) is -4.34. The van der Waals surface area contributed by atoms with E-state index in [-0.39, 0.29) is 6.04 Å². The fourth-order valence-corrected chi connectivity index (χ4v) is 4.81. The van der Waals surface area contributed by atoms with E-state index in [1.54, 1.807) is 12.1 Å². The predicted molar refractivity (Wildman–Crippen MR) is 140 cm³/mol. The molecule has 6 rings (SSSR count). The van der Waals surface area contributed by atoms with Gasteiger partial charge in [0.15, 0.2) is 0 Å². The lowest BCUT2D eigenvalue weighted by atomic mass is 9.99. The second kappa shape index (κ2) is 9.25. The molecule has 1 aliphatic heterocycles. The SMILES string of the molecule is FC(F)(F)c1ccc(C2CN2[n+]2c(-c3ccccc3)cc(-c3ccccc3)cc2-c2ccccc2)cc1. The lowest BCUT2D eigenvalue weighted by Crippen LogP contribution is -2.49. The summed E-state index contributed by atoms with van der Waals surface area (Å²) in [5, 5.41) is 2.21. The van der Waals surface area contributed by atoms with Crippen molar-refractivity contribution >= 4 is 0 Å². The molecule has 0 bridgehead atoms. The summed E-state index contributed by atoms with van der Waals surface area (Å²) in [4.78, 5) is 0. The maximum absolute atomic E-state index is 13.1. The van der Waals surface area contributed by atoms with Gasteiger partial charge in [0.05, 0.1) is 5.56 Å². The lowest BCUT2D eigenvalue weighted by molar-refractivity contribution is -0.655. The van der Waals surface area contributed by atoms with Crippen LogP contribution in [-0.2, 0) is 6.18 Å². The molecule has 0 amide bonds. The fraction of sp³-hybridized carbons (Fsp3) is 0.0938. The van der Waals surface area contributed by atoms with Crippen LogP contribution in [0.25, 0.3) is 33.6 Å². The third-order valence-electron chi connectivity index (χ3n) is 6.75. The standard InChI is InChI=1S/C32H24F3N2/c33-32(34,35)28-18-16-26(17-19-28)31-22-36(31)37-29(24-12-6-2-7-13-24)20-27(23-10-4-1-5-11-23)21-30(37)25-14-8-3-9-15-25/h1-21,31H,22H2/q+1. The van der Waals surface area contributed by atoms with E-state index in [0.717, 1.165) is 39.2 Å². The van der Waals surface area contributed by atoms with E-state index >= 15 is 0 Å². The highest BCUT2D eigenvalue weighted by atomic mass is 19.4. The molecular weight excluding hydrogens is 469 g/mol. The van der Waals surface area contributed by atoms with Gasteiger partial charge >= 0.3 is 6.18 Å². The second-order valence-electron chi connectivity index (χ2n) is 9.18. The monoisotopic (exact) mass is 493 g/mol. The molecule has 0 saturated carbocycles. The third-order valence-corrected chi connectivity index (χ3v) is 6.75. The van der Waals surface area contributed by atoms with E-state index in [1.165, 1.54) is 12.1 Å². The van der Waals surface area contributed by atoms with Crippen LogP contribution in [0.3, 0.4) is 0 Å². The minimum absolute atomic E-state index is 0.0141. The third kappa shape index (κ3) is 4.60. The first-order chi connectivity index (χ1) is 18.0. The molecule has 2 nitrogen and oxygen atoms in total. The summed E-state index contributed by atoms with van der Waals surface area (Å²) in [6.45, 7) is 0.709. The number of alkyl halides is 3. The van der Waals surface area contributed by atoms with E-state index in [4.69, 9.17) is 0 Å². The molecule has 0 N–H and O–H groups in total. The predicted octanol–water partition coefficient (Wildman–Crippen LogP) is 7.69. The zero-order valence-electron chi connectivity index (χ0n) is 19.9. The van der Waals surface area contributed by atoms with E-state index in [9.17, 15) is 13.2 Å². The van der Waals surface area contributed by atoms with Crippen LogP contribution in [0.5, 0.6) is 0 Å². The molecule has 1 unspecified atom stereocenters. The zero-order valence-corrected chi connectivity index (χ0v) is 19.9. The van der Waals surface area contributed by atoms with E-state index in [1.807, 2.05) is 54.6 Å². The van der Waals surface area contributed by atoms with Crippen molar-refractivity contribution in [1.29, 1.82) is 0 Å². The molecular formula is C32H24F3N2+. The maximum atomic E-state index is 13.1. The Morgan fingerprint density at radius 1 is 0.568 bits per heavy atom. The Kier molecular flexibility index (Phi) is 5.76. The minimum Gasteiger partial charge on any atom is -0.168 e. The molecule has 1 aromatic heterocycles. The second-order valence-corrected chi connectivity index (χ2v) is 9.18. The van der Waals surface area contributed by atoms with Crippen molar-refractivity contribution in [2.75, 3.05) is 11.6 Å². The molecule has 5 heteroatoms. The minimum atomic E-state index is -4.34. The molecule has 5 aromatic rings. The first-order valence-corrected chi connectivity index (χ1v) is 12.2. The molecule has 1 atom stereocenters. The molecule has 182 valence electrons. The van der Waals surface area contributed by atoms with Crippen LogP contribution in [0.2, 0.25) is 0 Å². The Hall–Kier alpha value is -4.38. The van der Waals surface area contributed by atoms with Crippen LogP contribution in [0.1, 0.15) is 17.2 Å². The Labute approximate surface area is 213 Å². The van der Waals surface area contributed by atoms with Crippen LogP contribution < -0.4 is 9.69 Å². The van der Waals surface area contributed by atoms with Crippen molar-refractivity contribution in [2.24, 2.45) is 0 Å². The van der Waals surface area contributed by atoms with E-state index in [0.29, 0.717) is 6.54 Å².